The first-order chi connectivity index (χ1) is 22.6. The van der Waals surface area contributed by atoms with Crippen LogP contribution in [0.5, 0.6) is 5.88 Å². The Labute approximate surface area is 279 Å². The Morgan fingerprint density at radius 1 is 1.28 bits per heavy atom. The highest BCUT2D eigenvalue weighted by molar-refractivity contribution is 7.16. The number of alkyl halides is 1. The lowest BCUT2D eigenvalue weighted by atomic mass is 9.69. The lowest BCUT2D eigenvalue weighted by Crippen LogP contribution is -2.70. The number of thiophene rings is 1. The van der Waals surface area contributed by atoms with Crippen LogP contribution in [0.3, 0.4) is 0 Å². The summed E-state index contributed by atoms with van der Waals surface area (Å²) in [5, 5.41) is 15.4. The molecule has 0 amide bonds. The van der Waals surface area contributed by atoms with Gasteiger partial charge in [-0.2, -0.15) is 10.2 Å². The SMILES string of the molecule is CCCc1c([C@@]2(C)CCCc3sc(N)c(C#N)c32)noc1-c1nc(O[C@@H](C)[C@@H]2C[C@@H](F)CN2C)cc(N2CCN(C)C3(COC3)C2)n1. The van der Waals surface area contributed by atoms with Crippen LogP contribution in [0.2, 0.25) is 0 Å². The predicted molar refractivity (Wildman–Crippen MR) is 179 cm³/mol. The van der Waals surface area contributed by atoms with Crippen LogP contribution in [0.15, 0.2) is 10.6 Å². The Balaban J connectivity index is 1.31. The zero-order valence-electron chi connectivity index (χ0n) is 28.0. The van der Waals surface area contributed by atoms with Gasteiger partial charge < -0.3 is 24.6 Å². The standard InChI is InChI=1S/C34H45FN8O3S/c1-6-8-22-29(46-40-30(22)33(3)10-7-9-25-28(33)23(15-36)31(37)47-25)32-38-26(43-12-11-42(5)34(17-43)18-44-19-34)14-27(39-32)45-20(2)24-13-21(35)16-41(24)4/h14,20-21,24H,6-13,16-19,37H2,1-5H3/t20-,21+,24-,33-/m0/s1. The Bertz CT molecular complexity index is 1680. The number of halogens is 1. The molecule has 252 valence electrons. The average Bonchev–Trinajstić information content (AvgIpc) is 3.71. The average molecular weight is 665 g/mol. The molecule has 4 aliphatic rings. The number of hydrogen-bond acceptors (Lipinski definition) is 12. The number of nitrogens with two attached hydrogens (primary N) is 1. The first kappa shape index (κ1) is 32.2. The number of nitrogens with zero attached hydrogens (tertiary/aromatic N) is 7. The number of aryl methyl sites for hydroxylation is 1. The molecule has 13 heteroatoms. The maximum atomic E-state index is 14.3. The summed E-state index contributed by atoms with van der Waals surface area (Å²) in [6.07, 6.45) is 3.53. The van der Waals surface area contributed by atoms with Gasteiger partial charge >= 0.3 is 0 Å². The summed E-state index contributed by atoms with van der Waals surface area (Å²) < 4.78 is 32.7. The van der Waals surface area contributed by atoms with E-state index in [1.54, 1.807) is 0 Å². The number of nitriles is 1. The molecule has 0 saturated carbocycles. The van der Waals surface area contributed by atoms with Gasteiger partial charge in [-0.3, -0.25) is 9.80 Å². The highest BCUT2D eigenvalue weighted by atomic mass is 32.1. The van der Waals surface area contributed by atoms with E-state index in [9.17, 15) is 9.65 Å². The Morgan fingerprint density at radius 3 is 2.77 bits per heavy atom. The molecule has 1 spiro atoms. The molecule has 3 fully saturated rings. The van der Waals surface area contributed by atoms with Gasteiger partial charge in [0.1, 0.15) is 29.2 Å². The van der Waals surface area contributed by atoms with E-state index < -0.39 is 11.6 Å². The lowest BCUT2D eigenvalue weighted by Gasteiger charge is -2.54. The minimum absolute atomic E-state index is 0.0543. The van der Waals surface area contributed by atoms with Crippen LogP contribution in [0.25, 0.3) is 11.6 Å². The molecule has 1 aliphatic carbocycles. The van der Waals surface area contributed by atoms with Crippen LogP contribution in [0, 0.1) is 11.3 Å². The zero-order valence-corrected chi connectivity index (χ0v) is 28.8. The van der Waals surface area contributed by atoms with Gasteiger partial charge in [-0.1, -0.05) is 18.5 Å². The molecule has 0 bridgehead atoms. The van der Waals surface area contributed by atoms with Crippen LogP contribution >= 0.6 is 11.3 Å². The molecule has 3 aromatic heterocycles. The van der Waals surface area contributed by atoms with Gasteiger partial charge in [0.25, 0.3) is 0 Å². The number of nitrogen functional groups attached to an aromatic ring is 1. The van der Waals surface area contributed by atoms with Crippen LogP contribution in [0.4, 0.5) is 15.2 Å². The second-order valence-electron chi connectivity index (χ2n) is 14.1. The third kappa shape index (κ3) is 5.47. The van der Waals surface area contributed by atoms with E-state index in [0.29, 0.717) is 60.6 Å². The van der Waals surface area contributed by atoms with E-state index in [0.717, 1.165) is 72.8 Å². The fourth-order valence-electron chi connectivity index (χ4n) is 8.16. The van der Waals surface area contributed by atoms with Crippen molar-refractivity contribution < 1.29 is 18.4 Å². The number of ether oxygens (including phenoxy) is 2. The highest BCUT2D eigenvalue weighted by Gasteiger charge is 2.47. The monoisotopic (exact) mass is 664 g/mol. The molecule has 0 radical (unpaired) electrons. The van der Waals surface area contributed by atoms with E-state index in [1.165, 1.54) is 11.3 Å². The van der Waals surface area contributed by atoms with Crippen molar-refractivity contribution in [2.24, 2.45) is 0 Å². The number of hydrogen-bond donors (Lipinski definition) is 1. The van der Waals surface area contributed by atoms with Gasteiger partial charge in [-0.15, -0.1) is 11.3 Å². The van der Waals surface area contributed by atoms with Gasteiger partial charge in [0.05, 0.1) is 30.0 Å². The fraction of sp³-hybridized carbons (Fsp3) is 0.647. The first-order valence-corrected chi connectivity index (χ1v) is 17.6. The van der Waals surface area contributed by atoms with Crippen molar-refractivity contribution in [3.8, 4) is 23.5 Å². The summed E-state index contributed by atoms with van der Waals surface area (Å²) in [5.74, 6) is 2.12. The van der Waals surface area contributed by atoms with E-state index >= 15 is 0 Å². The summed E-state index contributed by atoms with van der Waals surface area (Å²) >= 11 is 1.51. The number of aromatic nitrogens is 3. The summed E-state index contributed by atoms with van der Waals surface area (Å²) in [6.45, 7) is 10.5. The molecule has 3 saturated heterocycles. The topological polar surface area (TPSA) is 130 Å². The number of likely N-dealkylation sites (N-methyl/N-ethyl adjacent to an activating group) is 2. The second-order valence-corrected chi connectivity index (χ2v) is 15.3. The molecule has 47 heavy (non-hydrogen) atoms. The Kier molecular flexibility index (Phi) is 8.43. The van der Waals surface area contributed by atoms with Gasteiger partial charge in [-0.05, 0) is 65.6 Å². The van der Waals surface area contributed by atoms with E-state index in [1.807, 2.05) is 24.9 Å². The molecule has 2 N–H and O–H groups in total. The van der Waals surface area contributed by atoms with Crippen molar-refractivity contribution in [3.05, 3.63) is 33.3 Å². The number of anilines is 2. The second kappa shape index (κ2) is 12.3. The lowest BCUT2D eigenvalue weighted by molar-refractivity contribution is -0.134. The van der Waals surface area contributed by atoms with Crippen molar-refractivity contribution in [2.45, 2.75) is 88.6 Å². The molecule has 11 nitrogen and oxygen atoms in total. The molecular formula is C34H45FN8O3S. The van der Waals surface area contributed by atoms with Crippen molar-refractivity contribution in [3.63, 3.8) is 0 Å². The summed E-state index contributed by atoms with van der Waals surface area (Å²) in [4.78, 5) is 17.9. The molecule has 6 heterocycles. The smallest absolute Gasteiger partial charge is 0.219 e. The quantitative estimate of drug-likeness (QED) is 0.364. The summed E-state index contributed by atoms with van der Waals surface area (Å²) in [6, 6.07) is 4.22. The van der Waals surface area contributed by atoms with Crippen LogP contribution < -0.4 is 15.4 Å². The number of fused-ring (bicyclic) bond motifs is 1. The highest BCUT2D eigenvalue weighted by Crippen LogP contribution is 2.50. The molecule has 0 aromatic carbocycles. The zero-order chi connectivity index (χ0) is 33.1. The molecule has 4 atom stereocenters. The summed E-state index contributed by atoms with van der Waals surface area (Å²) in [5.41, 5.74) is 9.07. The first-order valence-electron chi connectivity index (χ1n) is 16.8. The molecular weight excluding hydrogens is 619 g/mol. The van der Waals surface area contributed by atoms with E-state index in [-0.39, 0.29) is 17.7 Å². The molecule has 3 aromatic rings. The minimum Gasteiger partial charge on any atom is -0.473 e. The van der Waals surface area contributed by atoms with Gasteiger partial charge in [-0.25, -0.2) is 9.37 Å². The largest absolute Gasteiger partial charge is 0.473 e. The maximum Gasteiger partial charge on any atom is 0.219 e. The number of rotatable bonds is 8. The predicted octanol–water partition coefficient (Wildman–Crippen LogP) is 4.57. The number of piperazine rings is 1. The number of likely N-dealkylation sites (tertiary alicyclic amines) is 1. The van der Waals surface area contributed by atoms with Crippen molar-refractivity contribution in [1.82, 2.24) is 24.9 Å². The van der Waals surface area contributed by atoms with Crippen LogP contribution in [-0.4, -0.2) is 102 Å². The van der Waals surface area contributed by atoms with Crippen molar-refractivity contribution in [2.75, 3.05) is 64.1 Å². The van der Waals surface area contributed by atoms with Crippen molar-refractivity contribution >= 4 is 22.2 Å². The minimum atomic E-state index is -0.871. The maximum absolute atomic E-state index is 14.3. The fourth-order valence-corrected chi connectivity index (χ4v) is 9.35. The van der Waals surface area contributed by atoms with Crippen LogP contribution in [-0.2, 0) is 23.0 Å². The van der Waals surface area contributed by atoms with Gasteiger partial charge in [0, 0.05) is 54.1 Å². The third-order valence-corrected chi connectivity index (χ3v) is 12.0. The molecule has 3 aliphatic heterocycles. The van der Waals surface area contributed by atoms with Crippen LogP contribution in [0.1, 0.15) is 73.7 Å². The Morgan fingerprint density at radius 2 is 2.09 bits per heavy atom. The van der Waals surface area contributed by atoms with Gasteiger partial charge in [0.2, 0.25) is 17.5 Å². The van der Waals surface area contributed by atoms with Gasteiger partial charge in [0.15, 0.2) is 0 Å². The van der Waals surface area contributed by atoms with Crippen molar-refractivity contribution in [1.29, 1.82) is 5.26 Å². The van der Waals surface area contributed by atoms with E-state index in [4.69, 9.17) is 34.9 Å². The summed E-state index contributed by atoms with van der Waals surface area (Å²) in [7, 11) is 4.09. The van der Waals surface area contributed by atoms with E-state index in [2.05, 4.69) is 36.8 Å². The molecule has 0 unspecified atom stereocenters. The molecule has 7 rings (SSSR count). The Hall–Kier alpha value is -3.31. The third-order valence-electron chi connectivity index (χ3n) is 10.9. The normalized spacial score (nSPS) is 26.6.